The van der Waals surface area contributed by atoms with E-state index in [1.807, 2.05) is 17.5 Å². The molecule has 0 unspecified atom stereocenters. The number of hydrogen-bond acceptors (Lipinski definition) is 8. The monoisotopic (exact) mass is 571 g/mol. The molecule has 1 fully saturated rings. The Morgan fingerprint density at radius 2 is 1.58 bits per heavy atom. The third-order valence-electron chi connectivity index (χ3n) is 5.99. The third kappa shape index (κ3) is 5.38. The summed E-state index contributed by atoms with van der Waals surface area (Å²) < 4.78 is 44.2. The number of thiazole rings is 1. The number of sulfonamides is 1. The molecule has 0 aliphatic carbocycles. The van der Waals surface area contributed by atoms with Gasteiger partial charge in [0.05, 0.1) is 32.0 Å². The minimum Gasteiger partial charge on any atom is -0.493 e. The van der Waals surface area contributed by atoms with Gasteiger partial charge in [0.15, 0.2) is 16.6 Å². The Morgan fingerprint density at radius 3 is 2.17 bits per heavy atom. The minimum atomic E-state index is -3.73. The van der Waals surface area contributed by atoms with Crippen molar-refractivity contribution in [3.8, 4) is 17.2 Å². The van der Waals surface area contributed by atoms with E-state index < -0.39 is 10.0 Å². The molecule has 0 amide bonds. The largest absolute Gasteiger partial charge is 0.493 e. The highest BCUT2D eigenvalue weighted by Crippen LogP contribution is 2.39. The fraction of sp³-hybridized carbons (Fsp3) is 0.375. The summed E-state index contributed by atoms with van der Waals surface area (Å²) in [5.74, 6) is 1.73. The van der Waals surface area contributed by atoms with Crippen molar-refractivity contribution in [2.45, 2.75) is 18.2 Å². The highest BCUT2D eigenvalue weighted by Gasteiger charge is 2.31. The second kappa shape index (κ2) is 11.0. The van der Waals surface area contributed by atoms with Gasteiger partial charge in [0.25, 0.3) is 0 Å². The lowest BCUT2D eigenvalue weighted by atomic mass is 10.1. The first kappa shape index (κ1) is 26.8. The molecular formula is C24H27Cl2N3O5S2. The second-order valence-corrected chi connectivity index (χ2v) is 11.8. The standard InChI is InChI=1S/C24H27Cl2N3O5S2/c1-15-9-22(19(26)13-18(15)25)36(30,31)29-7-5-28(6-8-29)24-27-17(14-35-24)10-16-11-20(32-2)23(34-4)21(12-16)33-3/h9,11-14H,5-8,10H2,1-4H3. The van der Waals surface area contributed by atoms with Gasteiger partial charge in [-0.05, 0) is 42.3 Å². The summed E-state index contributed by atoms with van der Waals surface area (Å²) in [5.41, 5.74) is 2.55. The first-order valence-corrected chi connectivity index (χ1v) is 14.2. The van der Waals surface area contributed by atoms with Crippen LogP contribution >= 0.6 is 34.5 Å². The molecule has 2 aromatic carbocycles. The molecule has 0 saturated carbocycles. The Hall–Kier alpha value is -2.24. The van der Waals surface area contributed by atoms with E-state index in [-0.39, 0.29) is 9.92 Å². The fourth-order valence-electron chi connectivity index (χ4n) is 4.06. The number of aromatic nitrogens is 1. The number of ether oxygens (including phenoxy) is 3. The van der Waals surface area contributed by atoms with Crippen molar-refractivity contribution in [2.75, 3.05) is 52.4 Å². The minimum absolute atomic E-state index is 0.0846. The molecule has 1 aliphatic heterocycles. The van der Waals surface area contributed by atoms with Crippen LogP contribution in [0.1, 0.15) is 16.8 Å². The number of aryl methyl sites for hydroxylation is 1. The second-order valence-electron chi connectivity index (χ2n) is 8.25. The average Bonchev–Trinajstić information content (AvgIpc) is 3.33. The summed E-state index contributed by atoms with van der Waals surface area (Å²) in [7, 11) is 1.02. The predicted octanol–water partition coefficient (Wildman–Crippen LogP) is 4.89. The Kier molecular flexibility index (Phi) is 8.21. The van der Waals surface area contributed by atoms with Crippen molar-refractivity contribution < 1.29 is 22.6 Å². The van der Waals surface area contributed by atoms with Crippen LogP contribution in [0, 0.1) is 6.92 Å². The maximum absolute atomic E-state index is 13.2. The van der Waals surface area contributed by atoms with Crippen LogP contribution in [0.2, 0.25) is 10.0 Å². The lowest BCUT2D eigenvalue weighted by molar-refractivity contribution is 0.324. The maximum Gasteiger partial charge on any atom is 0.244 e. The topological polar surface area (TPSA) is 81.2 Å². The number of methoxy groups -OCH3 is 3. The molecule has 0 radical (unpaired) electrons. The number of anilines is 1. The van der Waals surface area contributed by atoms with E-state index in [1.165, 1.54) is 27.8 Å². The first-order valence-electron chi connectivity index (χ1n) is 11.1. The van der Waals surface area contributed by atoms with Gasteiger partial charge in [0, 0.05) is 43.0 Å². The lowest BCUT2D eigenvalue weighted by Crippen LogP contribution is -2.48. The van der Waals surface area contributed by atoms with Gasteiger partial charge in [0.1, 0.15) is 4.90 Å². The normalized spacial score (nSPS) is 14.7. The quantitative estimate of drug-likeness (QED) is 0.381. The van der Waals surface area contributed by atoms with Gasteiger partial charge >= 0.3 is 0 Å². The fourth-order valence-corrected chi connectivity index (χ4v) is 7.16. The Bertz CT molecular complexity index is 1330. The molecule has 36 heavy (non-hydrogen) atoms. The zero-order valence-electron chi connectivity index (χ0n) is 20.4. The van der Waals surface area contributed by atoms with Crippen molar-refractivity contribution in [1.29, 1.82) is 0 Å². The first-order chi connectivity index (χ1) is 17.2. The van der Waals surface area contributed by atoms with Gasteiger partial charge in [-0.3, -0.25) is 0 Å². The van der Waals surface area contributed by atoms with E-state index in [9.17, 15) is 8.42 Å². The highest BCUT2D eigenvalue weighted by atomic mass is 35.5. The van der Waals surface area contributed by atoms with Gasteiger partial charge in [-0.1, -0.05) is 23.2 Å². The molecular weight excluding hydrogens is 545 g/mol. The van der Waals surface area contributed by atoms with E-state index in [0.29, 0.717) is 60.4 Å². The van der Waals surface area contributed by atoms with Crippen LogP contribution in [-0.2, 0) is 16.4 Å². The van der Waals surface area contributed by atoms with Crippen molar-refractivity contribution in [3.05, 3.63) is 56.5 Å². The number of piperazine rings is 1. The van der Waals surface area contributed by atoms with E-state index in [0.717, 1.165) is 16.4 Å². The maximum atomic E-state index is 13.2. The molecule has 0 atom stereocenters. The molecule has 8 nitrogen and oxygen atoms in total. The van der Waals surface area contributed by atoms with Crippen LogP contribution < -0.4 is 19.1 Å². The Labute approximate surface area is 225 Å². The number of benzene rings is 2. The molecule has 194 valence electrons. The molecule has 3 aromatic rings. The summed E-state index contributed by atoms with van der Waals surface area (Å²) in [6.45, 7) is 3.49. The van der Waals surface area contributed by atoms with Gasteiger partial charge < -0.3 is 19.1 Å². The summed E-state index contributed by atoms with van der Waals surface area (Å²) in [4.78, 5) is 6.98. The molecule has 4 rings (SSSR count). The van der Waals surface area contributed by atoms with Crippen LogP contribution in [-0.4, -0.2) is 65.2 Å². The predicted molar refractivity (Wildman–Crippen MR) is 143 cm³/mol. The van der Waals surface area contributed by atoms with Gasteiger partial charge in [-0.25, -0.2) is 13.4 Å². The van der Waals surface area contributed by atoms with Crippen molar-refractivity contribution in [2.24, 2.45) is 0 Å². The number of halogens is 2. The van der Waals surface area contributed by atoms with E-state index in [2.05, 4.69) is 4.90 Å². The molecule has 1 aliphatic rings. The Balaban J connectivity index is 1.45. The molecule has 12 heteroatoms. The van der Waals surface area contributed by atoms with Crippen LogP contribution in [0.3, 0.4) is 0 Å². The van der Waals surface area contributed by atoms with Gasteiger partial charge in [-0.2, -0.15) is 4.31 Å². The molecule has 1 aromatic heterocycles. The molecule has 0 bridgehead atoms. The van der Waals surface area contributed by atoms with Crippen LogP contribution in [0.25, 0.3) is 0 Å². The van der Waals surface area contributed by atoms with Gasteiger partial charge in [0.2, 0.25) is 15.8 Å². The number of nitrogens with zero attached hydrogens (tertiary/aromatic N) is 3. The third-order valence-corrected chi connectivity index (χ3v) is 9.71. The molecule has 1 saturated heterocycles. The zero-order chi connectivity index (χ0) is 26.0. The van der Waals surface area contributed by atoms with E-state index in [1.54, 1.807) is 28.3 Å². The van der Waals surface area contributed by atoms with Crippen LogP contribution in [0.4, 0.5) is 5.13 Å². The zero-order valence-corrected chi connectivity index (χ0v) is 23.5. The van der Waals surface area contributed by atoms with Crippen molar-refractivity contribution >= 4 is 49.7 Å². The van der Waals surface area contributed by atoms with Crippen molar-refractivity contribution in [1.82, 2.24) is 9.29 Å². The summed E-state index contributed by atoms with van der Waals surface area (Å²) in [6, 6.07) is 6.83. The van der Waals surface area contributed by atoms with Crippen LogP contribution in [0.5, 0.6) is 17.2 Å². The lowest BCUT2D eigenvalue weighted by Gasteiger charge is -2.34. The van der Waals surface area contributed by atoms with Crippen LogP contribution in [0.15, 0.2) is 34.5 Å². The highest BCUT2D eigenvalue weighted by molar-refractivity contribution is 7.89. The Morgan fingerprint density at radius 1 is 0.944 bits per heavy atom. The molecule has 2 heterocycles. The van der Waals surface area contributed by atoms with Crippen molar-refractivity contribution in [3.63, 3.8) is 0 Å². The summed E-state index contributed by atoms with van der Waals surface area (Å²) in [5, 5.41) is 3.44. The SMILES string of the molecule is COc1cc(Cc2csc(N3CCN(S(=O)(=O)c4cc(C)c(Cl)cc4Cl)CC3)n2)cc(OC)c1OC. The molecule has 0 spiro atoms. The number of hydrogen-bond donors (Lipinski definition) is 0. The molecule has 0 N–H and O–H groups in total. The summed E-state index contributed by atoms with van der Waals surface area (Å²) >= 11 is 13.8. The van der Waals surface area contributed by atoms with Gasteiger partial charge in [-0.15, -0.1) is 11.3 Å². The smallest absolute Gasteiger partial charge is 0.244 e. The van der Waals surface area contributed by atoms with E-state index >= 15 is 0 Å². The van der Waals surface area contributed by atoms with E-state index in [4.69, 9.17) is 42.4 Å². The average molecular weight is 573 g/mol. The summed E-state index contributed by atoms with van der Waals surface area (Å²) in [6.07, 6.45) is 0.593. The number of rotatable bonds is 8.